The van der Waals surface area contributed by atoms with Crippen LogP contribution in [0, 0.1) is 0 Å². The van der Waals surface area contributed by atoms with Crippen molar-refractivity contribution in [2.75, 3.05) is 25.1 Å². The van der Waals surface area contributed by atoms with Gasteiger partial charge < -0.3 is 19.9 Å². The number of halogens is 3. The lowest BCUT2D eigenvalue weighted by Gasteiger charge is -2.16. The number of anilines is 1. The third-order valence-electron chi connectivity index (χ3n) is 2.59. The smallest absolute Gasteiger partial charge is 0.404 e. The number of unbranched alkanes of at least 4 members (excludes halogenated alkanes) is 1. The molecule has 0 spiro atoms. The van der Waals surface area contributed by atoms with Gasteiger partial charge in [0.25, 0.3) is 0 Å². The summed E-state index contributed by atoms with van der Waals surface area (Å²) in [5, 5.41) is 12.4. The van der Waals surface area contributed by atoms with Crippen molar-refractivity contribution in [3.63, 3.8) is 0 Å². The van der Waals surface area contributed by atoms with Crippen molar-refractivity contribution >= 4 is 5.69 Å². The second-order valence-corrected chi connectivity index (χ2v) is 4.51. The Bertz CT molecular complexity index is 413. The minimum absolute atomic E-state index is 0.0738. The first-order chi connectivity index (χ1) is 9.92. The van der Waals surface area contributed by atoms with Crippen LogP contribution in [0.5, 0.6) is 5.75 Å². The Balaban J connectivity index is 2.44. The number of para-hydroxylation sites is 2. The van der Waals surface area contributed by atoms with Gasteiger partial charge in [-0.05, 0) is 18.6 Å². The van der Waals surface area contributed by atoms with Crippen LogP contribution in [0.2, 0.25) is 0 Å². The van der Waals surface area contributed by atoms with Crippen LogP contribution in [0.4, 0.5) is 18.9 Å². The minimum Gasteiger partial charge on any atom is -0.404 e. The molecule has 7 heteroatoms. The van der Waals surface area contributed by atoms with E-state index < -0.39 is 12.5 Å². The Morgan fingerprint density at radius 3 is 2.67 bits per heavy atom. The molecule has 1 aromatic carbocycles. The minimum atomic E-state index is -4.75. The van der Waals surface area contributed by atoms with Crippen LogP contribution in [0.15, 0.2) is 24.3 Å². The number of benzene rings is 1. The summed E-state index contributed by atoms with van der Waals surface area (Å²) in [4.78, 5) is 0. The topological polar surface area (TPSA) is 50.7 Å². The second-order valence-electron chi connectivity index (χ2n) is 4.51. The maximum absolute atomic E-state index is 12.2. The molecule has 0 saturated carbocycles. The average Bonchev–Trinajstić information content (AvgIpc) is 2.41. The Morgan fingerprint density at radius 2 is 2.00 bits per heavy atom. The molecular formula is C14H20F3NO3. The van der Waals surface area contributed by atoms with E-state index in [1.54, 1.807) is 6.07 Å². The van der Waals surface area contributed by atoms with E-state index in [0.717, 1.165) is 12.8 Å². The van der Waals surface area contributed by atoms with E-state index in [1.165, 1.54) is 18.2 Å². The normalized spacial score (nSPS) is 13.0. The van der Waals surface area contributed by atoms with Gasteiger partial charge in [-0.25, -0.2) is 0 Å². The molecule has 0 aliphatic heterocycles. The van der Waals surface area contributed by atoms with Crippen molar-refractivity contribution in [2.24, 2.45) is 0 Å². The number of nitrogens with one attached hydrogen (secondary N) is 1. The van der Waals surface area contributed by atoms with Gasteiger partial charge in [0.2, 0.25) is 0 Å². The van der Waals surface area contributed by atoms with Crippen molar-refractivity contribution in [2.45, 2.75) is 32.2 Å². The average molecular weight is 307 g/mol. The van der Waals surface area contributed by atoms with E-state index in [4.69, 9.17) is 4.74 Å². The van der Waals surface area contributed by atoms with Gasteiger partial charge in [-0.1, -0.05) is 25.5 Å². The van der Waals surface area contributed by atoms with Gasteiger partial charge in [0.05, 0.1) is 18.4 Å². The highest BCUT2D eigenvalue weighted by molar-refractivity contribution is 5.56. The predicted octanol–water partition coefficient (Wildman–Crippen LogP) is 3.17. The van der Waals surface area contributed by atoms with Crippen molar-refractivity contribution < 1.29 is 27.8 Å². The summed E-state index contributed by atoms with van der Waals surface area (Å²) >= 11 is 0. The number of aliphatic hydroxyl groups excluding tert-OH is 1. The molecule has 1 unspecified atom stereocenters. The maximum atomic E-state index is 12.2. The van der Waals surface area contributed by atoms with E-state index in [9.17, 15) is 18.3 Å². The molecule has 0 amide bonds. The number of ether oxygens (including phenoxy) is 2. The van der Waals surface area contributed by atoms with Gasteiger partial charge in [0.1, 0.15) is 0 Å². The van der Waals surface area contributed by atoms with Crippen LogP contribution in [-0.4, -0.2) is 37.3 Å². The first-order valence-corrected chi connectivity index (χ1v) is 6.77. The van der Waals surface area contributed by atoms with Crippen LogP contribution in [-0.2, 0) is 4.74 Å². The van der Waals surface area contributed by atoms with Crippen molar-refractivity contribution in [3.8, 4) is 5.75 Å². The third-order valence-corrected chi connectivity index (χ3v) is 2.59. The first-order valence-electron chi connectivity index (χ1n) is 6.77. The third kappa shape index (κ3) is 7.77. The van der Waals surface area contributed by atoms with Crippen LogP contribution >= 0.6 is 0 Å². The zero-order chi connectivity index (χ0) is 15.7. The summed E-state index contributed by atoms with van der Waals surface area (Å²) in [6.45, 7) is 2.79. The molecule has 120 valence electrons. The molecule has 0 saturated heterocycles. The molecular weight excluding hydrogens is 287 g/mol. The summed E-state index contributed by atoms with van der Waals surface area (Å²) in [5.74, 6) is -0.330. The molecule has 0 aromatic heterocycles. The van der Waals surface area contributed by atoms with Gasteiger partial charge in [0.15, 0.2) is 5.75 Å². The standard InChI is InChI=1S/C14H20F3NO3/c1-2-3-8-20-10-11(19)9-18-12-6-4-5-7-13(12)21-14(15,16)17/h4-7,11,18-19H,2-3,8-10H2,1H3. The largest absolute Gasteiger partial charge is 0.573 e. The van der Waals surface area contributed by atoms with Crippen LogP contribution in [0.3, 0.4) is 0 Å². The van der Waals surface area contributed by atoms with Crippen molar-refractivity contribution in [1.82, 2.24) is 0 Å². The fraction of sp³-hybridized carbons (Fsp3) is 0.571. The lowest BCUT2D eigenvalue weighted by atomic mass is 10.2. The molecule has 4 nitrogen and oxygen atoms in total. The second kappa shape index (κ2) is 8.74. The Morgan fingerprint density at radius 1 is 1.29 bits per heavy atom. The molecule has 21 heavy (non-hydrogen) atoms. The molecule has 2 N–H and O–H groups in total. The Labute approximate surface area is 121 Å². The van der Waals surface area contributed by atoms with Gasteiger partial charge in [-0.2, -0.15) is 0 Å². The number of alkyl halides is 3. The van der Waals surface area contributed by atoms with Gasteiger partial charge in [-0.3, -0.25) is 0 Å². The van der Waals surface area contributed by atoms with Crippen LogP contribution in [0.1, 0.15) is 19.8 Å². The summed E-state index contributed by atoms with van der Waals surface area (Å²) in [5.41, 5.74) is 0.169. The fourth-order valence-corrected chi connectivity index (χ4v) is 1.58. The first kappa shape index (κ1) is 17.6. The van der Waals surface area contributed by atoms with Gasteiger partial charge in [-0.15, -0.1) is 13.2 Å². The van der Waals surface area contributed by atoms with E-state index in [2.05, 4.69) is 10.1 Å². The molecule has 0 bridgehead atoms. The number of hydrogen-bond acceptors (Lipinski definition) is 4. The van der Waals surface area contributed by atoms with E-state index in [1.807, 2.05) is 6.92 Å². The SMILES string of the molecule is CCCCOCC(O)CNc1ccccc1OC(F)(F)F. The van der Waals surface area contributed by atoms with E-state index in [-0.39, 0.29) is 24.6 Å². The molecule has 1 aromatic rings. The molecule has 0 fully saturated rings. The van der Waals surface area contributed by atoms with Crippen molar-refractivity contribution in [3.05, 3.63) is 24.3 Å². The maximum Gasteiger partial charge on any atom is 0.573 e. The number of hydrogen-bond donors (Lipinski definition) is 2. The highest BCUT2D eigenvalue weighted by Gasteiger charge is 2.32. The van der Waals surface area contributed by atoms with E-state index in [0.29, 0.717) is 6.61 Å². The molecule has 1 rings (SSSR count). The number of aliphatic hydroxyl groups is 1. The number of rotatable bonds is 9. The summed E-state index contributed by atoms with van der Waals surface area (Å²) in [6.07, 6.45) is -3.65. The lowest BCUT2D eigenvalue weighted by Crippen LogP contribution is -2.25. The Hall–Kier alpha value is -1.47. The van der Waals surface area contributed by atoms with Crippen LogP contribution < -0.4 is 10.1 Å². The summed E-state index contributed by atoms with van der Waals surface area (Å²) in [7, 11) is 0. The summed E-state index contributed by atoms with van der Waals surface area (Å²) < 4.78 is 45.9. The molecule has 0 aliphatic rings. The predicted molar refractivity (Wildman–Crippen MR) is 73.3 cm³/mol. The van der Waals surface area contributed by atoms with Gasteiger partial charge in [0, 0.05) is 13.2 Å². The molecule has 0 radical (unpaired) electrons. The van der Waals surface area contributed by atoms with Crippen molar-refractivity contribution in [1.29, 1.82) is 0 Å². The highest BCUT2D eigenvalue weighted by Crippen LogP contribution is 2.29. The highest BCUT2D eigenvalue weighted by atomic mass is 19.4. The van der Waals surface area contributed by atoms with E-state index >= 15 is 0 Å². The zero-order valence-corrected chi connectivity index (χ0v) is 11.8. The Kier molecular flexibility index (Phi) is 7.31. The molecule has 0 heterocycles. The lowest BCUT2D eigenvalue weighted by molar-refractivity contribution is -0.274. The van der Waals surface area contributed by atoms with Crippen LogP contribution in [0.25, 0.3) is 0 Å². The quantitative estimate of drug-likeness (QED) is 0.688. The van der Waals surface area contributed by atoms with Gasteiger partial charge >= 0.3 is 6.36 Å². The monoisotopic (exact) mass is 307 g/mol. The fourth-order valence-electron chi connectivity index (χ4n) is 1.58. The molecule has 1 atom stereocenters. The zero-order valence-electron chi connectivity index (χ0n) is 11.8. The summed E-state index contributed by atoms with van der Waals surface area (Å²) in [6, 6.07) is 5.68. The molecule has 0 aliphatic carbocycles.